The third-order valence-electron chi connectivity index (χ3n) is 8.11. The van der Waals surface area contributed by atoms with Crippen LogP contribution in [0.1, 0.15) is 54.4 Å². The number of hydrogen-bond acceptors (Lipinski definition) is 5. The number of aryl methyl sites for hydroxylation is 1. The van der Waals surface area contributed by atoms with Crippen LogP contribution >= 0.6 is 0 Å². The van der Waals surface area contributed by atoms with Crippen molar-refractivity contribution in [1.29, 1.82) is 5.26 Å². The van der Waals surface area contributed by atoms with Gasteiger partial charge in [-0.3, -0.25) is 9.69 Å². The summed E-state index contributed by atoms with van der Waals surface area (Å²) in [4.78, 5) is 20.1. The van der Waals surface area contributed by atoms with Gasteiger partial charge in [-0.25, -0.2) is 4.99 Å². The molecule has 1 spiro atoms. The lowest BCUT2D eigenvalue weighted by Gasteiger charge is -2.48. The van der Waals surface area contributed by atoms with Gasteiger partial charge in [0.15, 0.2) is 11.5 Å². The van der Waals surface area contributed by atoms with Crippen LogP contribution in [0.15, 0.2) is 71.7 Å². The van der Waals surface area contributed by atoms with Crippen LogP contribution in [0.3, 0.4) is 0 Å². The Morgan fingerprint density at radius 1 is 1.11 bits per heavy atom. The number of hydrogen-bond donors (Lipinski definition) is 1. The van der Waals surface area contributed by atoms with E-state index >= 15 is 0 Å². The lowest BCUT2D eigenvalue weighted by Crippen LogP contribution is -2.53. The molecule has 6 heteroatoms. The van der Waals surface area contributed by atoms with Crippen molar-refractivity contribution in [3.63, 3.8) is 0 Å². The monoisotopic (exact) mass is 476 g/mol. The first kappa shape index (κ1) is 22.4. The molecule has 0 bridgehead atoms. The molecule has 3 aliphatic rings. The van der Waals surface area contributed by atoms with Crippen molar-refractivity contribution in [2.24, 2.45) is 10.7 Å². The van der Waals surface area contributed by atoms with E-state index < -0.39 is 11.1 Å². The Hall–Kier alpha value is -4.11. The molecule has 180 valence electrons. The number of nitrogens with two attached hydrogens (primary N) is 1. The Bertz CT molecular complexity index is 1470. The van der Waals surface area contributed by atoms with E-state index in [4.69, 9.17) is 15.5 Å². The number of nitrogens with zero attached hydrogens (tertiary/aromatic N) is 3. The second kappa shape index (κ2) is 7.96. The van der Waals surface area contributed by atoms with Gasteiger partial charge in [-0.05, 0) is 72.7 Å². The Morgan fingerprint density at radius 3 is 2.69 bits per heavy atom. The molecule has 0 fully saturated rings. The molecular formula is C30H28N4O2. The molecule has 6 nitrogen and oxygen atoms in total. The van der Waals surface area contributed by atoms with E-state index in [1.807, 2.05) is 36.4 Å². The van der Waals surface area contributed by atoms with Gasteiger partial charge in [-0.2, -0.15) is 5.26 Å². The first-order chi connectivity index (χ1) is 17.3. The largest absolute Gasteiger partial charge is 0.486 e. The van der Waals surface area contributed by atoms with Gasteiger partial charge in [0.25, 0.3) is 5.91 Å². The van der Waals surface area contributed by atoms with Crippen LogP contribution in [0.4, 0.5) is 0 Å². The third-order valence-corrected chi connectivity index (χ3v) is 8.11. The third kappa shape index (κ3) is 3.23. The van der Waals surface area contributed by atoms with Gasteiger partial charge < -0.3 is 10.5 Å². The number of carbonyl (C=O) groups is 1. The van der Waals surface area contributed by atoms with Crippen LogP contribution in [-0.2, 0) is 16.8 Å². The van der Waals surface area contributed by atoms with Gasteiger partial charge in [0.2, 0.25) is 0 Å². The van der Waals surface area contributed by atoms with Crippen molar-refractivity contribution >= 4 is 11.9 Å². The van der Waals surface area contributed by atoms with Crippen LogP contribution in [-0.4, -0.2) is 29.4 Å². The van der Waals surface area contributed by atoms with Gasteiger partial charge in [-0.1, -0.05) is 42.5 Å². The van der Waals surface area contributed by atoms with Crippen molar-refractivity contribution in [2.45, 2.75) is 49.7 Å². The van der Waals surface area contributed by atoms with E-state index in [0.29, 0.717) is 17.7 Å². The molecule has 3 atom stereocenters. The smallest absolute Gasteiger partial charge is 0.261 e. The van der Waals surface area contributed by atoms with Gasteiger partial charge in [-0.15, -0.1) is 0 Å². The summed E-state index contributed by atoms with van der Waals surface area (Å²) in [5.41, 5.74) is 10.2. The van der Waals surface area contributed by atoms with Crippen molar-refractivity contribution in [3.8, 4) is 22.9 Å². The number of rotatable bonds is 2. The number of amides is 1. The number of nitriles is 1. The van der Waals surface area contributed by atoms with Crippen molar-refractivity contribution in [3.05, 3.63) is 89.0 Å². The summed E-state index contributed by atoms with van der Waals surface area (Å²) in [6, 6.07) is 24.1. The number of benzene rings is 3. The fourth-order valence-electron chi connectivity index (χ4n) is 6.35. The van der Waals surface area contributed by atoms with Gasteiger partial charge >= 0.3 is 0 Å². The lowest BCUT2D eigenvalue weighted by molar-refractivity contribution is -0.134. The summed E-state index contributed by atoms with van der Waals surface area (Å²) in [6.45, 7) is 2.12. The van der Waals surface area contributed by atoms with Gasteiger partial charge in [0.05, 0.1) is 11.6 Å². The Labute approximate surface area is 211 Å². The van der Waals surface area contributed by atoms with Crippen LogP contribution < -0.4 is 10.5 Å². The summed E-state index contributed by atoms with van der Waals surface area (Å²) in [5, 5.41) is 9.36. The summed E-state index contributed by atoms with van der Waals surface area (Å²) in [7, 11) is 1.68. The number of carbonyl (C=O) groups excluding carboxylic acids is 1. The highest BCUT2D eigenvalue weighted by atomic mass is 16.5. The molecular weight excluding hydrogens is 448 g/mol. The van der Waals surface area contributed by atoms with Crippen LogP contribution in [0.2, 0.25) is 0 Å². The maximum Gasteiger partial charge on any atom is 0.261 e. The van der Waals surface area contributed by atoms with Gasteiger partial charge in [0, 0.05) is 24.9 Å². The maximum atomic E-state index is 13.9. The SMILES string of the molecule is CN1C(=O)C2(C[C@](C)(C3CCCc4ccccc43)Oc3ccc(-c4cccc(C#N)c4)cc32)N=C1N. The molecule has 0 saturated carbocycles. The lowest BCUT2D eigenvalue weighted by atomic mass is 9.66. The molecule has 2 aliphatic heterocycles. The molecule has 2 N–H and O–H groups in total. The summed E-state index contributed by atoms with van der Waals surface area (Å²) in [5.74, 6) is 0.876. The number of likely N-dealkylation sites (N-methyl/N-ethyl adjacent to an activating group) is 1. The minimum absolute atomic E-state index is 0.134. The first-order valence-corrected chi connectivity index (χ1v) is 12.4. The topological polar surface area (TPSA) is 91.7 Å². The van der Waals surface area contributed by atoms with Crippen molar-refractivity contribution < 1.29 is 9.53 Å². The minimum Gasteiger partial charge on any atom is -0.486 e. The van der Waals surface area contributed by atoms with Crippen LogP contribution in [0, 0.1) is 11.3 Å². The van der Waals surface area contributed by atoms with Crippen molar-refractivity contribution in [1.82, 2.24) is 4.90 Å². The number of fused-ring (bicyclic) bond motifs is 3. The van der Waals surface area contributed by atoms with E-state index in [9.17, 15) is 10.1 Å². The first-order valence-electron chi connectivity index (χ1n) is 12.4. The predicted molar refractivity (Wildman–Crippen MR) is 138 cm³/mol. The molecule has 6 rings (SSSR count). The Balaban J connectivity index is 1.52. The molecule has 1 amide bonds. The average molecular weight is 477 g/mol. The normalized spacial score (nSPS) is 26.6. The van der Waals surface area contributed by atoms with Crippen molar-refractivity contribution in [2.75, 3.05) is 7.05 Å². The summed E-state index contributed by atoms with van der Waals surface area (Å²) < 4.78 is 6.82. The fourth-order valence-corrected chi connectivity index (χ4v) is 6.35. The molecule has 2 heterocycles. The second-order valence-electron chi connectivity index (χ2n) is 10.3. The zero-order valence-corrected chi connectivity index (χ0v) is 20.5. The van der Waals surface area contributed by atoms with E-state index in [1.54, 1.807) is 13.1 Å². The fraction of sp³-hybridized carbons (Fsp3) is 0.300. The predicted octanol–water partition coefficient (Wildman–Crippen LogP) is 4.87. The van der Waals surface area contributed by atoms with E-state index in [0.717, 1.165) is 36.0 Å². The standard InChI is InChI=1S/C30H28N4O2/c1-29(24-12-6-9-20-8-3-4-11-23(20)24)18-30(27(35)34(2)28(32)33-30)25-16-22(13-14-26(25)36-29)21-10-5-7-19(15-21)17-31/h3-5,7-8,10-11,13-16,24H,6,9,12,18H2,1-2H3,(H2,32,33)/t24?,29-,30?/m1/s1. The highest BCUT2D eigenvalue weighted by Crippen LogP contribution is 2.55. The Morgan fingerprint density at radius 2 is 1.92 bits per heavy atom. The average Bonchev–Trinajstić information content (AvgIpc) is 3.11. The molecule has 36 heavy (non-hydrogen) atoms. The second-order valence-corrected chi connectivity index (χ2v) is 10.3. The molecule has 3 aromatic carbocycles. The quantitative estimate of drug-likeness (QED) is 0.571. The number of ether oxygens (including phenoxy) is 1. The maximum absolute atomic E-state index is 13.9. The molecule has 2 unspecified atom stereocenters. The highest BCUT2D eigenvalue weighted by Gasteiger charge is 2.59. The number of aliphatic imine (C=N–C) groups is 1. The van der Waals surface area contributed by atoms with Crippen LogP contribution in [0.5, 0.6) is 5.75 Å². The Kier molecular flexibility index (Phi) is 4.94. The molecule has 3 aromatic rings. The van der Waals surface area contributed by atoms with Crippen LogP contribution in [0.25, 0.3) is 11.1 Å². The molecule has 0 aromatic heterocycles. The zero-order chi connectivity index (χ0) is 25.1. The highest BCUT2D eigenvalue weighted by molar-refractivity contribution is 6.07. The minimum atomic E-state index is -1.16. The zero-order valence-electron chi connectivity index (χ0n) is 20.5. The van der Waals surface area contributed by atoms with E-state index in [2.05, 4.69) is 37.3 Å². The molecule has 0 saturated heterocycles. The summed E-state index contributed by atoms with van der Waals surface area (Å²) >= 11 is 0. The van der Waals surface area contributed by atoms with E-state index in [1.165, 1.54) is 16.0 Å². The number of guanidine groups is 1. The molecule has 1 aliphatic carbocycles. The molecule has 0 radical (unpaired) electrons. The summed E-state index contributed by atoms with van der Waals surface area (Å²) in [6.07, 6.45) is 3.52. The van der Waals surface area contributed by atoms with E-state index in [-0.39, 0.29) is 17.8 Å². The van der Waals surface area contributed by atoms with Gasteiger partial charge in [0.1, 0.15) is 11.4 Å².